The molecule has 0 fully saturated rings. The fourth-order valence-electron chi connectivity index (χ4n) is 2.35. The van der Waals surface area contributed by atoms with Gasteiger partial charge in [-0.3, -0.25) is 4.79 Å². The Morgan fingerprint density at radius 3 is 2.31 bits per heavy atom. The van der Waals surface area contributed by atoms with Gasteiger partial charge in [0.15, 0.2) is 5.01 Å². The number of amides is 1. The Bertz CT molecular complexity index is 1030. The van der Waals surface area contributed by atoms with Crippen LogP contribution >= 0.6 is 22.9 Å². The number of carbonyl (C=O) groups is 1. The molecule has 0 unspecified atom stereocenters. The molecule has 150 valence electrons. The zero-order valence-electron chi connectivity index (χ0n) is 15.1. The van der Waals surface area contributed by atoms with E-state index in [1.165, 1.54) is 18.2 Å². The summed E-state index contributed by atoms with van der Waals surface area (Å²) < 4.78 is 37.9. The summed E-state index contributed by atoms with van der Waals surface area (Å²) in [5.74, 6) is -0.381. The molecule has 1 N–H and O–H groups in total. The number of alkyl halides is 3. The summed E-state index contributed by atoms with van der Waals surface area (Å²) in [5, 5.41) is 11.1. The third-order valence-electron chi connectivity index (χ3n) is 3.93. The van der Waals surface area contributed by atoms with Crippen LogP contribution in [0.3, 0.4) is 0 Å². The summed E-state index contributed by atoms with van der Waals surface area (Å²) >= 11 is 7.19. The molecule has 0 radical (unpaired) electrons. The molecule has 1 amide bonds. The van der Waals surface area contributed by atoms with Gasteiger partial charge in [0, 0.05) is 6.54 Å². The zero-order valence-corrected chi connectivity index (χ0v) is 16.7. The molecule has 2 aromatic carbocycles. The number of aryl methyl sites for hydroxylation is 1. The van der Waals surface area contributed by atoms with Gasteiger partial charge in [-0.25, -0.2) is 0 Å². The molecule has 0 aliphatic carbocycles. The average Bonchev–Trinajstić information content (AvgIpc) is 3.17. The van der Waals surface area contributed by atoms with Crippen LogP contribution in [0.25, 0.3) is 11.1 Å². The standard InChI is InChI=1S/C20H15ClF3N3OS/c1-12-2-4-14(5-3-12)11-25-17(28)19-27-26-18(29-19)16(21)10-13-6-8-15(9-7-13)20(22,23)24/h2-10H,11H2,1H3,(H,25,28)/b16-10-. The predicted molar refractivity (Wildman–Crippen MR) is 107 cm³/mol. The molecule has 3 rings (SSSR count). The van der Waals surface area contributed by atoms with Gasteiger partial charge in [-0.1, -0.05) is 64.9 Å². The van der Waals surface area contributed by atoms with Crippen molar-refractivity contribution in [3.8, 4) is 0 Å². The summed E-state index contributed by atoms with van der Waals surface area (Å²) in [5.41, 5.74) is 1.81. The monoisotopic (exact) mass is 437 g/mol. The van der Waals surface area contributed by atoms with E-state index >= 15 is 0 Å². The number of nitrogens with one attached hydrogen (secondary N) is 1. The van der Waals surface area contributed by atoms with Gasteiger partial charge in [0.25, 0.3) is 5.91 Å². The lowest BCUT2D eigenvalue weighted by atomic mass is 10.1. The Labute approximate surface area is 174 Å². The fraction of sp³-hybridized carbons (Fsp3) is 0.150. The molecule has 0 atom stereocenters. The van der Waals surface area contributed by atoms with Crippen LogP contribution in [0.4, 0.5) is 13.2 Å². The smallest absolute Gasteiger partial charge is 0.346 e. The van der Waals surface area contributed by atoms with Crippen molar-refractivity contribution in [1.82, 2.24) is 15.5 Å². The highest BCUT2D eigenvalue weighted by atomic mass is 35.5. The zero-order chi connectivity index (χ0) is 21.0. The maximum Gasteiger partial charge on any atom is 0.416 e. The van der Waals surface area contributed by atoms with E-state index in [9.17, 15) is 18.0 Å². The van der Waals surface area contributed by atoms with E-state index in [2.05, 4.69) is 15.5 Å². The topological polar surface area (TPSA) is 54.9 Å². The molecule has 9 heteroatoms. The molecule has 0 saturated heterocycles. The van der Waals surface area contributed by atoms with E-state index in [1.807, 2.05) is 31.2 Å². The molecule has 1 aromatic heterocycles. The predicted octanol–water partition coefficient (Wildman–Crippen LogP) is 5.53. The van der Waals surface area contributed by atoms with Gasteiger partial charge in [-0.05, 0) is 36.3 Å². The number of benzene rings is 2. The molecule has 0 aliphatic rings. The molecule has 0 bridgehead atoms. The quantitative estimate of drug-likeness (QED) is 0.570. The summed E-state index contributed by atoms with van der Waals surface area (Å²) in [4.78, 5) is 12.2. The van der Waals surface area contributed by atoms with Crippen molar-refractivity contribution in [3.63, 3.8) is 0 Å². The lowest BCUT2D eigenvalue weighted by Gasteiger charge is -2.06. The third kappa shape index (κ3) is 5.65. The summed E-state index contributed by atoms with van der Waals surface area (Å²) in [6.07, 6.45) is -2.93. The van der Waals surface area contributed by atoms with Crippen LogP contribution < -0.4 is 5.32 Å². The first-order valence-corrected chi connectivity index (χ1v) is 9.64. The van der Waals surface area contributed by atoms with E-state index in [1.54, 1.807) is 0 Å². The van der Waals surface area contributed by atoms with E-state index in [0.29, 0.717) is 17.1 Å². The van der Waals surface area contributed by atoms with Gasteiger partial charge < -0.3 is 5.32 Å². The Hall–Kier alpha value is -2.71. The Morgan fingerprint density at radius 1 is 1.07 bits per heavy atom. The van der Waals surface area contributed by atoms with E-state index < -0.39 is 11.7 Å². The van der Waals surface area contributed by atoms with Crippen LogP contribution in [0.5, 0.6) is 0 Å². The normalized spacial score (nSPS) is 12.1. The van der Waals surface area contributed by atoms with Crippen molar-refractivity contribution in [2.45, 2.75) is 19.6 Å². The van der Waals surface area contributed by atoms with E-state index in [4.69, 9.17) is 11.6 Å². The molecule has 1 heterocycles. The van der Waals surface area contributed by atoms with E-state index in [0.717, 1.165) is 34.6 Å². The van der Waals surface area contributed by atoms with Gasteiger partial charge in [0.2, 0.25) is 5.01 Å². The highest BCUT2D eigenvalue weighted by molar-refractivity contribution is 7.15. The minimum atomic E-state index is -4.40. The van der Waals surface area contributed by atoms with Crippen LogP contribution in [0.15, 0.2) is 48.5 Å². The summed E-state index contributed by atoms with van der Waals surface area (Å²) in [6.45, 7) is 2.33. The van der Waals surface area contributed by atoms with E-state index in [-0.39, 0.29) is 15.9 Å². The molecule has 0 spiro atoms. The highest BCUT2D eigenvalue weighted by Crippen LogP contribution is 2.30. The van der Waals surface area contributed by atoms with Crippen molar-refractivity contribution >= 4 is 40.0 Å². The van der Waals surface area contributed by atoms with Crippen molar-refractivity contribution in [2.75, 3.05) is 0 Å². The number of rotatable bonds is 5. The molecule has 29 heavy (non-hydrogen) atoms. The summed E-state index contributed by atoms with van der Waals surface area (Å²) in [7, 11) is 0. The lowest BCUT2D eigenvalue weighted by Crippen LogP contribution is -2.22. The molecule has 4 nitrogen and oxygen atoms in total. The Morgan fingerprint density at radius 2 is 1.69 bits per heavy atom. The van der Waals surface area contributed by atoms with Gasteiger partial charge in [0.05, 0.1) is 10.6 Å². The van der Waals surface area contributed by atoms with Crippen LogP contribution in [0.2, 0.25) is 0 Å². The van der Waals surface area contributed by atoms with Gasteiger partial charge >= 0.3 is 6.18 Å². The van der Waals surface area contributed by atoms with Gasteiger partial charge in [-0.15, -0.1) is 10.2 Å². The number of nitrogens with zero attached hydrogens (tertiary/aromatic N) is 2. The Kier molecular flexibility index (Phi) is 6.34. The van der Waals surface area contributed by atoms with Crippen molar-refractivity contribution in [1.29, 1.82) is 0 Å². The molecule has 0 aliphatic heterocycles. The number of hydrogen-bond acceptors (Lipinski definition) is 4. The van der Waals surface area contributed by atoms with Crippen LogP contribution in [0, 0.1) is 6.92 Å². The number of aromatic nitrogens is 2. The number of carbonyl (C=O) groups excluding carboxylic acids is 1. The first-order chi connectivity index (χ1) is 13.7. The second kappa shape index (κ2) is 8.75. The van der Waals surface area contributed by atoms with Crippen molar-refractivity contribution in [2.24, 2.45) is 0 Å². The van der Waals surface area contributed by atoms with Gasteiger partial charge in [0.1, 0.15) is 0 Å². The highest BCUT2D eigenvalue weighted by Gasteiger charge is 2.29. The average molecular weight is 438 g/mol. The third-order valence-corrected chi connectivity index (χ3v) is 5.28. The minimum absolute atomic E-state index is 0.145. The maximum absolute atomic E-state index is 12.6. The van der Waals surface area contributed by atoms with Gasteiger partial charge in [-0.2, -0.15) is 13.2 Å². The van der Waals surface area contributed by atoms with Crippen LogP contribution in [0.1, 0.15) is 37.1 Å². The first kappa shape index (κ1) is 21.0. The maximum atomic E-state index is 12.6. The second-order valence-corrected chi connectivity index (χ2v) is 7.58. The summed E-state index contributed by atoms with van der Waals surface area (Å²) in [6, 6.07) is 12.3. The largest absolute Gasteiger partial charge is 0.416 e. The number of hydrogen-bond donors (Lipinski definition) is 1. The Balaban J connectivity index is 1.65. The van der Waals surface area contributed by atoms with Crippen LogP contribution in [-0.2, 0) is 12.7 Å². The molecular formula is C20H15ClF3N3OS. The van der Waals surface area contributed by atoms with Crippen LogP contribution in [-0.4, -0.2) is 16.1 Å². The minimum Gasteiger partial charge on any atom is -0.346 e. The van der Waals surface area contributed by atoms with Crippen molar-refractivity contribution < 1.29 is 18.0 Å². The SMILES string of the molecule is Cc1ccc(CNC(=O)c2nnc(/C(Cl)=C/c3ccc(C(F)(F)F)cc3)s2)cc1. The first-order valence-electron chi connectivity index (χ1n) is 8.44. The fourth-order valence-corrected chi connectivity index (χ4v) is 3.30. The molecule has 0 saturated carbocycles. The number of halogens is 4. The van der Waals surface area contributed by atoms with Crippen molar-refractivity contribution in [3.05, 3.63) is 80.8 Å². The second-order valence-electron chi connectivity index (χ2n) is 6.19. The molecule has 3 aromatic rings. The lowest BCUT2D eigenvalue weighted by molar-refractivity contribution is -0.137. The molecular weight excluding hydrogens is 423 g/mol.